The Morgan fingerprint density at radius 1 is 0.967 bits per heavy atom. The van der Waals surface area contributed by atoms with Crippen LogP contribution in [0.2, 0.25) is 0 Å². The van der Waals surface area contributed by atoms with Crippen molar-refractivity contribution in [2.45, 2.75) is 13.8 Å². The summed E-state index contributed by atoms with van der Waals surface area (Å²) in [6, 6.07) is 19.2. The number of carbonyl (C=O) groups excluding carboxylic acids is 2. The lowest BCUT2D eigenvalue weighted by Gasteiger charge is -2.09. The number of nitrogens with one attached hydrogen (secondary N) is 2. The van der Waals surface area contributed by atoms with Crippen LogP contribution in [-0.4, -0.2) is 21.4 Å². The molecule has 2 amide bonds. The van der Waals surface area contributed by atoms with Crippen molar-refractivity contribution in [2.24, 2.45) is 0 Å². The number of carbonyl (C=O) groups is 2. The number of nitrogens with zero attached hydrogens (tertiary/aromatic N) is 2. The van der Waals surface area contributed by atoms with Gasteiger partial charge < -0.3 is 10.6 Å². The molecule has 150 valence electrons. The summed E-state index contributed by atoms with van der Waals surface area (Å²) in [6.45, 7) is 3.20. The Morgan fingerprint density at radius 2 is 1.73 bits per heavy atom. The fourth-order valence-corrected chi connectivity index (χ4v) is 3.34. The molecule has 7 heteroatoms. The smallest absolute Gasteiger partial charge is 0.255 e. The quantitative estimate of drug-likeness (QED) is 0.520. The first-order valence-corrected chi connectivity index (χ1v) is 9.35. The Morgan fingerprint density at radius 3 is 2.47 bits per heavy atom. The molecule has 0 radical (unpaired) electrons. The largest absolute Gasteiger partial charge is 0.324 e. The normalized spacial score (nSPS) is 10.8. The van der Waals surface area contributed by atoms with Crippen LogP contribution in [0.15, 0.2) is 66.7 Å². The van der Waals surface area contributed by atoms with Gasteiger partial charge in [0.1, 0.15) is 11.6 Å². The summed E-state index contributed by atoms with van der Waals surface area (Å²) < 4.78 is 15.8. The van der Waals surface area contributed by atoms with Gasteiger partial charge in [-0.25, -0.2) is 9.37 Å². The second-order valence-electron chi connectivity index (χ2n) is 6.86. The summed E-state index contributed by atoms with van der Waals surface area (Å²) in [4.78, 5) is 28.5. The van der Waals surface area contributed by atoms with E-state index in [1.165, 1.54) is 25.1 Å². The van der Waals surface area contributed by atoms with Crippen LogP contribution >= 0.6 is 0 Å². The second kappa shape index (κ2) is 7.79. The molecule has 1 heterocycles. The van der Waals surface area contributed by atoms with Crippen molar-refractivity contribution in [2.75, 3.05) is 10.6 Å². The van der Waals surface area contributed by atoms with E-state index in [0.29, 0.717) is 16.8 Å². The number of anilines is 2. The number of rotatable bonds is 4. The first-order chi connectivity index (χ1) is 14.4. The number of hydrogen-bond acceptors (Lipinski definition) is 3. The van der Waals surface area contributed by atoms with Crippen molar-refractivity contribution in [3.63, 3.8) is 0 Å². The van der Waals surface area contributed by atoms with Gasteiger partial charge in [-0.3, -0.25) is 14.2 Å². The Balaban J connectivity index is 1.63. The molecule has 1 aromatic heterocycles. The average molecular weight is 402 g/mol. The number of halogens is 1. The van der Waals surface area contributed by atoms with Gasteiger partial charge in [-0.05, 0) is 55.5 Å². The number of imidazole rings is 1. The number of hydrogen-bond donors (Lipinski definition) is 2. The molecule has 0 atom stereocenters. The first kappa shape index (κ1) is 19.3. The molecule has 30 heavy (non-hydrogen) atoms. The van der Waals surface area contributed by atoms with Gasteiger partial charge >= 0.3 is 0 Å². The third-order valence-electron chi connectivity index (χ3n) is 4.63. The topological polar surface area (TPSA) is 76.0 Å². The van der Waals surface area contributed by atoms with Gasteiger partial charge in [0.25, 0.3) is 5.91 Å². The van der Waals surface area contributed by atoms with E-state index >= 15 is 0 Å². The highest BCUT2D eigenvalue weighted by Crippen LogP contribution is 2.24. The van der Waals surface area contributed by atoms with Gasteiger partial charge in [-0.15, -0.1) is 0 Å². The zero-order valence-corrected chi connectivity index (χ0v) is 16.4. The third kappa shape index (κ3) is 3.77. The Kier molecular flexibility index (Phi) is 5.02. The molecule has 0 aliphatic rings. The Labute approximate surface area is 172 Å². The molecule has 6 nitrogen and oxygen atoms in total. The van der Waals surface area contributed by atoms with E-state index in [9.17, 15) is 14.0 Å². The third-order valence-corrected chi connectivity index (χ3v) is 4.63. The van der Waals surface area contributed by atoms with E-state index in [2.05, 4.69) is 15.6 Å². The molecule has 0 spiro atoms. The van der Waals surface area contributed by atoms with E-state index in [0.717, 1.165) is 17.0 Å². The van der Waals surface area contributed by atoms with Gasteiger partial charge in [0.15, 0.2) is 0 Å². The zero-order chi connectivity index (χ0) is 21.3. The van der Waals surface area contributed by atoms with Crippen LogP contribution in [0.5, 0.6) is 0 Å². The van der Waals surface area contributed by atoms with E-state index in [4.69, 9.17) is 0 Å². The van der Waals surface area contributed by atoms with Crippen LogP contribution in [-0.2, 0) is 4.79 Å². The molecule has 2 N–H and O–H groups in total. The Hall–Kier alpha value is -4.00. The van der Waals surface area contributed by atoms with Gasteiger partial charge in [0.2, 0.25) is 5.91 Å². The number of benzene rings is 3. The van der Waals surface area contributed by atoms with Crippen molar-refractivity contribution >= 4 is 34.2 Å². The predicted octanol–water partition coefficient (Wildman–Crippen LogP) is 4.68. The molecule has 0 fully saturated rings. The number of aromatic nitrogens is 2. The van der Waals surface area contributed by atoms with Crippen LogP contribution < -0.4 is 10.6 Å². The fourth-order valence-electron chi connectivity index (χ4n) is 3.34. The molecular formula is C23H19FN4O2. The van der Waals surface area contributed by atoms with E-state index in [-0.39, 0.29) is 11.6 Å². The van der Waals surface area contributed by atoms with Crippen molar-refractivity contribution < 1.29 is 14.0 Å². The summed E-state index contributed by atoms with van der Waals surface area (Å²) in [6.07, 6.45) is 0. The maximum atomic E-state index is 13.8. The van der Waals surface area contributed by atoms with Crippen molar-refractivity contribution in [3.05, 3.63) is 83.9 Å². The fraction of sp³-hybridized carbons (Fsp3) is 0.0870. The van der Waals surface area contributed by atoms with Crippen LogP contribution in [0.4, 0.5) is 15.8 Å². The minimum Gasteiger partial charge on any atom is -0.324 e. The van der Waals surface area contributed by atoms with Gasteiger partial charge in [0, 0.05) is 23.9 Å². The molecule has 4 rings (SSSR count). The van der Waals surface area contributed by atoms with Crippen molar-refractivity contribution in [1.29, 1.82) is 0 Å². The van der Waals surface area contributed by atoms with E-state index in [1.54, 1.807) is 12.1 Å². The number of para-hydroxylation sites is 1. The Bertz CT molecular complexity index is 1270. The molecule has 3 aromatic carbocycles. The lowest BCUT2D eigenvalue weighted by Crippen LogP contribution is -2.13. The van der Waals surface area contributed by atoms with Crippen LogP contribution in [0.3, 0.4) is 0 Å². The average Bonchev–Trinajstić information content (AvgIpc) is 3.05. The highest BCUT2D eigenvalue weighted by Gasteiger charge is 2.14. The summed E-state index contributed by atoms with van der Waals surface area (Å²) >= 11 is 0. The van der Waals surface area contributed by atoms with Crippen LogP contribution in [0.25, 0.3) is 16.7 Å². The maximum absolute atomic E-state index is 13.8. The minimum atomic E-state index is -0.577. The summed E-state index contributed by atoms with van der Waals surface area (Å²) in [7, 11) is 0. The first-order valence-electron chi connectivity index (χ1n) is 9.35. The van der Waals surface area contributed by atoms with E-state index < -0.39 is 11.7 Å². The number of amides is 2. The molecule has 4 aromatic rings. The second-order valence-corrected chi connectivity index (χ2v) is 6.86. The molecular weight excluding hydrogens is 383 g/mol. The summed E-state index contributed by atoms with van der Waals surface area (Å²) in [5.41, 5.74) is 3.38. The molecule has 0 aliphatic heterocycles. The lowest BCUT2D eigenvalue weighted by atomic mass is 10.1. The standard InChI is InChI=1S/C23H19FN4O2/c1-14-25-21-12-16(8-11-22(21)28(14)18-6-4-3-5-7-18)23(30)27-17-9-10-19(24)20(13-17)26-15(2)29/h3-13H,1-2H3,(H,26,29)(H,27,30). The van der Waals surface area contributed by atoms with Crippen molar-refractivity contribution in [1.82, 2.24) is 9.55 Å². The molecule has 0 saturated carbocycles. The van der Waals surface area contributed by atoms with E-state index in [1.807, 2.05) is 47.9 Å². The molecule has 0 saturated heterocycles. The molecule has 0 aliphatic carbocycles. The van der Waals surface area contributed by atoms with Gasteiger partial charge in [-0.2, -0.15) is 0 Å². The lowest BCUT2D eigenvalue weighted by molar-refractivity contribution is -0.114. The SMILES string of the molecule is CC(=O)Nc1cc(NC(=O)c2ccc3c(c2)nc(C)n3-c2ccccc2)ccc1F. The summed E-state index contributed by atoms with van der Waals surface area (Å²) in [5.74, 6) is -0.518. The highest BCUT2D eigenvalue weighted by molar-refractivity contribution is 6.06. The van der Waals surface area contributed by atoms with Gasteiger partial charge in [0.05, 0.1) is 16.7 Å². The van der Waals surface area contributed by atoms with Crippen LogP contribution in [0.1, 0.15) is 23.1 Å². The van der Waals surface area contributed by atoms with Crippen LogP contribution in [0, 0.1) is 12.7 Å². The number of fused-ring (bicyclic) bond motifs is 1. The molecule has 0 unspecified atom stereocenters. The zero-order valence-electron chi connectivity index (χ0n) is 16.4. The highest BCUT2D eigenvalue weighted by atomic mass is 19.1. The van der Waals surface area contributed by atoms with Gasteiger partial charge in [-0.1, -0.05) is 18.2 Å². The minimum absolute atomic E-state index is 0.00739. The monoisotopic (exact) mass is 402 g/mol. The maximum Gasteiger partial charge on any atom is 0.255 e. The predicted molar refractivity (Wildman–Crippen MR) is 114 cm³/mol. The van der Waals surface area contributed by atoms with Crippen molar-refractivity contribution in [3.8, 4) is 5.69 Å². The molecule has 0 bridgehead atoms. The number of aryl methyl sites for hydroxylation is 1. The summed E-state index contributed by atoms with van der Waals surface area (Å²) in [5, 5.41) is 5.12.